The summed E-state index contributed by atoms with van der Waals surface area (Å²) in [5, 5.41) is 20.2. The number of carbonyl (C=O) groups excluding carboxylic acids is 1. The molecule has 6 heteroatoms. The van der Waals surface area contributed by atoms with Gasteiger partial charge in [-0.25, -0.2) is 4.79 Å². The van der Waals surface area contributed by atoms with Crippen molar-refractivity contribution in [2.45, 2.75) is 90.2 Å². The maximum atomic E-state index is 13.7. The van der Waals surface area contributed by atoms with E-state index in [2.05, 4.69) is 19.9 Å². The van der Waals surface area contributed by atoms with Gasteiger partial charge in [-0.15, -0.1) is 11.3 Å². The summed E-state index contributed by atoms with van der Waals surface area (Å²) in [7, 11) is 0. The monoisotopic (exact) mass is 445 g/mol. The van der Waals surface area contributed by atoms with E-state index >= 15 is 0 Å². The van der Waals surface area contributed by atoms with Crippen molar-refractivity contribution in [3.8, 4) is 0 Å². The molecular weight excluding hydrogens is 410 g/mol. The summed E-state index contributed by atoms with van der Waals surface area (Å²) >= 11 is 1.30. The molecule has 3 aliphatic carbocycles. The first kappa shape index (κ1) is 22.5. The first-order valence-corrected chi connectivity index (χ1v) is 12.7. The third-order valence-corrected chi connectivity index (χ3v) is 8.69. The molecule has 2 saturated carbocycles. The van der Waals surface area contributed by atoms with E-state index in [1.54, 1.807) is 4.90 Å². The molecule has 0 bridgehead atoms. The van der Waals surface area contributed by atoms with Crippen molar-refractivity contribution in [2.24, 2.45) is 17.8 Å². The number of allylic oxidation sites excluding steroid dienone is 2. The summed E-state index contributed by atoms with van der Waals surface area (Å²) < 4.78 is 0. The van der Waals surface area contributed by atoms with Crippen molar-refractivity contribution in [3.05, 3.63) is 21.9 Å². The molecule has 3 atom stereocenters. The van der Waals surface area contributed by atoms with Crippen LogP contribution in [0.4, 0.5) is 5.69 Å². The van der Waals surface area contributed by atoms with Crippen LogP contribution in [0.15, 0.2) is 12.1 Å². The average molecular weight is 446 g/mol. The van der Waals surface area contributed by atoms with E-state index in [9.17, 15) is 19.8 Å². The zero-order chi connectivity index (χ0) is 22.1. The Hall–Kier alpha value is -1.66. The molecule has 0 spiro atoms. The maximum absolute atomic E-state index is 13.7. The van der Waals surface area contributed by atoms with Gasteiger partial charge in [-0.2, -0.15) is 0 Å². The standard InChI is InChI=1S/C25H35NO4S/c1-15-3-7-17(8-4-15)22-14-21(23(31-22)25(29)30)26(19-11-12-20(27)13-19)24(28)18-9-5-16(2)6-10-18/h7,14-16,18-20,27H,3-6,8-13H2,1-2H3,(H,29,30). The number of hydrogen-bond acceptors (Lipinski definition) is 4. The topological polar surface area (TPSA) is 77.8 Å². The molecule has 1 aromatic rings. The second-order valence-electron chi connectivity index (χ2n) is 10.0. The molecule has 0 aliphatic heterocycles. The molecule has 170 valence electrons. The smallest absolute Gasteiger partial charge is 0.348 e. The number of aliphatic hydroxyl groups excluding tert-OH is 1. The number of amides is 1. The van der Waals surface area contributed by atoms with Crippen LogP contribution in [0.3, 0.4) is 0 Å². The molecule has 2 fully saturated rings. The second-order valence-corrected chi connectivity index (χ2v) is 11.1. The molecule has 5 nitrogen and oxygen atoms in total. The lowest BCUT2D eigenvalue weighted by molar-refractivity contribution is -0.124. The highest BCUT2D eigenvalue weighted by atomic mass is 32.1. The van der Waals surface area contributed by atoms with Crippen LogP contribution in [-0.2, 0) is 4.79 Å². The fourth-order valence-electron chi connectivity index (χ4n) is 5.43. The number of carbonyl (C=O) groups is 2. The van der Waals surface area contributed by atoms with E-state index in [1.165, 1.54) is 16.9 Å². The summed E-state index contributed by atoms with van der Waals surface area (Å²) in [5.74, 6) is 0.352. The summed E-state index contributed by atoms with van der Waals surface area (Å²) in [6.45, 7) is 4.48. The van der Waals surface area contributed by atoms with Crippen LogP contribution < -0.4 is 4.90 Å². The van der Waals surface area contributed by atoms with Crippen LogP contribution in [-0.4, -0.2) is 34.2 Å². The van der Waals surface area contributed by atoms with Crippen LogP contribution in [0.25, 0.3) is 5.57 Å². The lowest BCUT2D eigenvalue weighted by atomic mass is 9.82. The third-order valence-electron chi connectivity index (χ3n) is 7.50. The van der Waals surface area contributed by atoms with E-state index in [-0.39, 0.29) is 22.7 Å². The van der Waals surface area contributed by atoms with Crippen LogP contribution in [0.2, 0.25) is 0 Å². The first-order valence-electron chi connectivity index (χ1n) is 11.9. The lowest BCUT2D eigenvalue weighted by Gasteiger charge is -2.34. The number of nitrogens with zero attached hydrogens (tertiary/aromatic N) is 1. The van der Waals surface area contributed by atoms with Gasteiger partial charge in [0.05, 0.1) is 11.8 Å². The fraction of sp³-hybridized carbons (Fsp3) is 0.680. The highest BCUT2D eigenvalue weighted by molar-refractivity contribution is 7.15. The van der Waals surface area contributed by atoms with Crippen molar-refractivity contribution >= 4 is 34.5 Å². The highest BCUT2D eigenvalue weighted by Gasteiger charge is 2.39. The Morgan fingerprint density at radius 2 is 1.77 bits per heavy atom. The molecule has 0 saturated heterocycles. The zero-order valence-electron chi connectivity index (χ0n) is 18.7. The van der Waals surface area contributed by atoms with E-state index in [1.807, 2.05) is 6.07 Å². The minimum Gasteiger partial charge on any atom is -0.477 e. The number of hydrogen-bond donors (Lipinski definition) is 2. The molecule has 3 unspecified atom stereocenters. The van der Waals surface area contributed by atoms with Gasteiger partial charge in [0.1, 0.15) is 4.88 Å². The predicted molar refractivity (Wildman–Crippen MR) is 125 cm³/mol. The van der Waals surface area contributed by atoms with Crippen LogP contribution >= 0.6 is 11.3 Å². The molecular formula is C25H35NO4S. The average Bonchev–Trinajstić information content (AvgIpc) is 3.36. The number of carboxylic acids is 1. The molecule has 0 radical (unpaired) electrons. The summed E-state index contributed by atoms with van der Waals surface area (Å²) in [4.78, 5) is 29.0. The Balaban J connectivity index is 1.70. The number of carboxylic acid groups (broad SMARTS) is 1. The maximum Gasteiger partial charge on any atom is 0.348 e. The fourth-order valence-corrected chi connectivity index (χ4v) is 6.49. The number of aliphatic hydroxyl groups is 1. The van der Waals surface area contributed by atoms with Gasteiger partial charge in [-0.1, -0.05) is 19.9 Å². The molecule has 1 amide bonds. The van der Waals surface area contributed by atoms with Gasteiger partial charge >= 0.3 is 5.97 Å². The van der Waals surface area contributed by atoms with Gasteiger partial charge in [-0.05, 0) is 87.7 Å². The first-order chi connectivity index (χ1) is 14.8. The lowest BCUT2D eigenvalue weighted by Crippen LogP contribution is -2.44. The van der Waals surface area contributed by atoms with Gasteiger partial charge < -0.3 is 15.1 Å². The number of aromatic carboxylic acids is 1. The van der Waals surface area contributed by atoms with Gasteiger partial charge in [0.25, 0.3) is 0 Å². The Bertz CT molecular complexity index is 852. The van der Waals surface area contributed by atoms with E-state index < -0.39 is 12.1 Å². The van der Waals surface area contributed by atoms with Crippen molar-refractivity contribution in [3.63, 3.8) is 0 Å². The van der Waals surface area contributed by atoms with Crippen molar-refractivity contribution < 1.29 is 19.8 Å². The molecule has 1 heterocycles. The Labute approximate surface area is 189 Å². The summed E-state index contributed by atoms with van der Waals surface area (Å²) in [6, 6.07) is 1.83. The molecule has 2 N–H and O–H groups in total. The van der Waals surface area contributed by atoms with E-state index in [0.717, 1.165) is 56.2 Å². The third kappa shape index (κ3) is 4.90. The van der Waals surface area contributed by atoms with Crippen LogP contribution in [0, 0.1) is 17.8 Å². The van der Waals surface area contributed by atoms with Gasteiger partial charge in [-0.3, -0.25) is 4.79 Å². The Kier molecular flexibility index (Phi) is 6.87. The minimum absolute atomic E-state index is 0.0475. The van der Waals surface area contributed by atoms with Crippen molar-refractivity contribution in [1.82, 2.24) is 0 Å². The molecule has 4 rings (SSSR count). The second kappa shape index (κ2) is 9.45. The summed E-state index contributed by atoms with van der Waals surface area (Å²) in [5.41, 5.74) is 1.76. The normalized spacial score (nSPS) is 31.3. The van der Waals surface area contributed by atoms with Gasteiger partial charge in [0, 0.05) is 16.8 Å². The molecule has 0 aromatic carbocycles. The van der Waals surface area contributed by atoms with Crippen LogP contribution in [0.5, 0.6) is 0 Å². The Morgan fingerprint density at radius 3 is 2.35 bits per heavy atom. The quantitative estimate of drug-likeness (QED) is 0.607. The van der Waals surface area contributed by atoms with E-state index in [4.69, 9.17) is 0 Å². The van der Waals surface area contributed by atoms with Crippen molar-refractivity contribution in [1.29, 1.82) is 0 Å². The Morgan fingerprint density at radius 1 is 1.03 bits per heavy atom. The highest BCUT2D eigenvalue weighted by Crippen LogP contribution is 2.42. The molecule has 1 aromatic heterocycles. The molecule has 3 aliphatic rings. The number of anilines is 1. The number of rotatable bonds is 5. The van der Waals surface area contributed by atoms with E-state index in [0.29, 0.717) is 30.4 Å². The SMILES string of the molecule is CC1CC=C(c2cc(N(C(=O)C3CCC(C)CC3)C3CCC(O)C3)c(C(=O)O)s2)CC1. The predicted octanol–water partition coefficient (Wildman–Crippen LogP) is 5.72. The van der Waals surface area contributed by atoms with Gasteiger partial charge in [0.2, 0.25) is 5.91 Å². The number of thiophene rings is 1. The minimum atomic E-state index is -0.968. The summed E-state index contributed by atoms with van der Waals surface area (Å²) in [6.07, 6.45) is 10.6. The van der Waals surface area contributed by atoms with Gasteiger partial charge in [0.15, 0.2) is 0 Å². The largest absolute Gasteiger partial charge is 0.477 e. The van der Waals surface area contributed by atoms with Crippen molar-refractivity contribution in [2.75, 3.05) is 4.90 Å². The van der Waals surface area contributed by atoms with Crippen LogP contribution in [0.1, 0.15) is 92.6 Å². The molecule has 31 heavy (non-hydrogen) atoms. The zero-order valence-corrected chi connectivity index (χ0v) is 19.5.